The molecular formula is C14H28N2O3. The summed E-state index contributed by atoms with van der Waals surface area (Å²) in [6, 6.07) is -0.107. The highest BCUT2D eigenvalue weighted by Crippen LogP contribution is 2.11. The number of hydrogen-bond donors (Lipinski definition) is 3. The van der Waals surface area contributed by atoms with E-state index in [1.807, 2.05) is 20.8 Å². The van der Waals surface area contributed by atoms with Crippen LogP contribution in [0.1, 0.15) is 60.3 Å². The number of amides is 2. The van der Waals surface area contributed by atoms with Crippen molar-refractivity contribution >= 4 is 12.0 Å². The molecule has 0 aliphatic rings. The number of aliphatic carboxylic acids is 1. The fraction of sp³-hybridized carbons (Fsp3) is 0.857. The summed E-state index contributed by atoms with van der Waals surface area (Å²) < 4.78 is 0. The molecule has 0 aliphatic heterocycles. The van der Waals surface area contributed by atoms with E-state index in [4.69, 9.17) is 5.11 Å². The molecule has 0 aromatic rings. The Morgan fingerprint density at radius 3 is 2.21 bits per heavy atom. The standard InChI is InChI=1S/C14H28N2O3/c1-10(2)6-7-11(3)15-13(19)16-14(4,5)9-8-12(17)18/h10-11H,6-9H2,1-5H3,(H,17,18)(H2,15,16,19). The summed E-state index contributed by atoms with van der Waals surface area (Å²) >= 11 is 0. The van der Waals surface area contributed by atoms with E-state index in [0.29, 0.717) is 12.3 Å². The van der Waals surface area contributed by atoms with Crippen molar-refractivity contribution < 1.29 is 14.7 Å². The van der Waals surface area contributed by atoms with Gasteiger partial charge in [-0.25, -0.2) is 4.79 Å². The van der Waals surface area contributed by atoms with Crippen molar-refractivity contribution in [3.05, 3.63) is 0 Å². The zero-order chi connectivity index (χ0) is 15.1. The first kappa shape index (κ1) is 17.7. The molecule has 0 aliphatic carbocycles. The van der Waals surface area contributed by atoms with E-state index in [1.54, 1.807) is 0 Å². The first-order valence-corrected chi connectivity index (χ1v) is 6.93. The number of urea groups is 1. The number of rotatable bonds is 8. The number of hydrogen-bond acceptors (Lipinski definition) is 2. The summed E-state index contributed by atoms with van der Waals surface area (Å²) in [5.74, 6) is -0.222. The maximum atomic E-state index is 11.8. The lowest BCUT2D eigenvalue weighted by Crippen LogP contribution is -2.50. The minimum Gasteiger partial charge on any atom is -0.481 e. The molecule has 1 unspecified atom stereocenters. The highest BCUT2D eigenvalue weighted by atomic mass is 16.4. The Kier molecular flexibility index (Phi) is 7.49. The Hall–Kier alpha value is -1.26. The molecule has 2 amide bonds. The maximum absolute atomic E-state index is 11.8. The number of nitrogens with one attached hydrogen (secondary N) is 2. The van der Waals surface area contributed by atoms with Crippen LogP contribution >= 0.6 is 0 Å². The highest BCUT2D eigenvalue weighted by molar-refractivity contribution is 5.75. The Labute approximate surface area is 116 Å². The molecule has 0 aromatic heterocycles. The van der Waals surface area contributed by atoms with Gasteiger partial charge in [-0.05, 0) is 46.0 Å². The van der Waals surface area contributed by atoms with Crippen LogP contribution in [0.15, 0.2) is 0 Å². The minimum atomic E-state index is -0.847. The van der Waals surface area contributed by atoms with Crippen molar-refractivity contribution in [2.45, 2.75) is 71.9 Å². The number of carboxylic acid groups (broad SMARTS) is 1. The number of carboxylic acids is 1. The van der Waals surface area contributed by atoms with Crippen LogP contribution in [0.5, 0.6) is 0 Å². The molecule has 0 radical (unpaired) electrons. The first-order chi connectivity index (χ1) is 8.62. The third kappa shape index (κ3) is 10.4. The molecule has 1 atom stereocenters. The van der Waals surface area contributed by atoms with Crippen LogP contribution in [-0.2, 0) is 4.79 Å². The highest BCUT2D eigenvalue weighted by Gasteiger charge is 2.22. The molecule has 0 spiro atoms. The fourth-order valence-electron chi connectivity index (χ4n) is 1.70. The Morgan fingerprint density at radius 2 is 1.74 bits per heavy atom. The Bertz CT molecular complexity index is 301. The average molecular weight is 272 g/mol. The topological polar surface area (TPSA) is 78.4 Å². The fourth-order valence-corrected chi connectivity index (χ4v) is 1.70. The van der Waals surface area contributed by atoms with Gasteiger partial charge in [0.25, 0.3) is 0 Å². The van der Waals surface area contributed by atoms with Gasteiger partial charge in [0.1, 0.15) is 0 Å². The van der Waals surface area contributed by atoms with Gasteiger partial charge in [0, 0.05) is 18.0 Å². The molecule has 0 saturated carbocycles. The second kappa shape index (κ2) is 8.02. The molecule has 3 N–H and O–H groups in total. The van der Waals surface area contributed by atoms with Gasteiger partial charge in [-0.15, -0.1) is 0 Å². The van der Waals surface area contributed by atoms with E-state index < -0.39 is 11.5 Å². The number of carbonyl (C=O) groups excluding carboxylic acids is 1. The smallest absolute Gasteiger partial charge is 0.315 e. The Morgan fingerprint density at radius 1 is 1.16 bits per heavy atom. The average Bonchev–Trinajstić information content (AvgIpc) is 2.23. The van der Waals surface area contributed by atoms with Gasteiger partial charge in [0.15, 0.2) is 0 Å². The summed E-state index contributed by atoms with van der Waals surface area (Å²) in [5, 5.41) is 14.3. The Balaban J connectivity index is 4.04. The van der Waals surface area contributed by atoms with Crippen molar-refractivity contribution in [2.24, 2.45) is 5.92 Å². The largest absolute Gasteiger partial charge is 0.481 e. The second-order valence-corrected chi connectivity index (χ2v) is 6.25. The molecule has 5 heteroatoms. The summed E-state index contributed by atoms with van der Waals surface area (Å²) in [6.07, 6.45) is 2.48. The molecule has 5 nitrogen and oxygen atoms in total. The lowest BCUT2D eigenvalue weighted by Gasteiger charge is -2.27. The van der Waals surface area contributed by atoms with E-state index in [9.17, 15) is 9.59 Å². The molecular weight excluding hydrogens is 244 g/mol. The van der Waals surface area contributed by atoms with E-state index >= 15 is 0 Å². The molecule has 0 heterocycles. The third-order valence-corrected chi connectivity index (χ3v) is 2.97. The molecule has 112 valence electrons. The SMILES string of the molecule is CC(C)CCC(C)NC(=O)NC(C)(C)CCC(=O)O. The molecule has 0 bridgehead atoms. The quantitative estimate of drug-likeness (QED) is 0.635. The second-order valence-electron chi connectivity index (χ2n) is 6.25. The van der Waals surface area contributed by atoms with Crippen LogP contribution < -0.4 is 10.6 Å². The maximum Gasteiger partial charge on any atom is 0.315 e. The van der Waals surface area contributed by atoms with Gasteiger partial charge in [0.05, 0.1) is 0 Å². The van der Waals surface area contributed by atoms with Gasteiger partial charge in [-0.2, -0.15) is 0 Å². The zero-order valence-corrected chi connectivity index (χ0v) is 12.7. The predicted molar refractivity (Wildman–Crippen MR) is 76.2 cm³/mol. The van der Waals surface area contributed by atoms with Gasteiger partial charge in [-0.3, -0.25) is 4.79 Å². The molecule has 0 saturated heterocycles. The number of carbonyl (C=O) groups is 2. The van der Waals surface area contributed by atoms with Crippen LogP contribution in [-0.4, -0.2) is 28.7 Å². The molecule has 0 aromatic carbocycles. The van der Waals surface area contributed by atoms with Crippen LogP contribution in [0.2, 0.25) is 0 Å². The van der Waals surface area contributed by atoms with Crippen LogP contribution in [0.3, 0.4) is 0 Å². The van der Waals surface area contributed by atoms with Crippen molar-refractivity contribution in [2.75, 3.05) is 0 Å². The first-order valence-electron chi connectivity index (χ1n) is 6.93. The normalized spacial score (nSPS) is 13.2. The molecule has 19 heavy (non-hydrogen) atoms. The summed E-state index contributed by atoms with van der Waals surface area (Å²) in [6.45, 7) is 9.94. The summed E-state index contributed by atoms with van der Waals surface area (Å²) in [4.78, 5) is 22.3. The minimum absolute atomic E-state index is 0.0518. The van der Waals surface area contributed by atoms with E-state index in [1.165, 1.54) is 0 Å². The van der Waals surface area contributed by atoms with E-state index in [-0.39, 0.29) is 18.5 Å². The van der Waals surface area contributed by atoms with Crippen LogP contribution in [0, 0.1) is 5.92 Å². The third-order valence-electron chi connectivity index (χ3n) is 2.97. The van der Waals surface area contributed by atoms with Gasteiger partial charge >= 0.3 is 12.0 Å². The van der Waals surface area contributed by atoms with Gasteiger partial charge in [-0.1, -0.05) is 13.8 Å². The monoisotopic (exact) mass is 272 g/mol. The zero-order valence-electron chi connectivity index (χ0n) is 12.7. The lowest BCUT2D eigenvalue weighted by atomic mass is 9.99. The van der Waals surface area contributed by atoms with Crippen LogP contribution in [0.4, 0.5) is 4.79 Å². The van der Waals surface area contributed by atoms with Crippen molar-refractivity contribution in [3.8, 4) is 0 Å². The van der Waals surface area contributed by atoms with E-state index in [0.717, 1.165) is 12.8 Å². The summed E-state index contributed by atoms with van der Waals surface area (Å²) in [5.41, 5.74) is -0.514. The predicted octanol–water partition coefficient (Wildman–Crippen LogP) is 2.75. The van der Waals surface area contributed by atoms with E-state index in [2.05, 4.69) is 24.5 Å². The molecule has 0 rings (SSSR count). The van der Waals surface area contributed by atoms with Gasteiger partial charge in [0.2, 0.25) is 0 Å². The molecule has 0 fully saturated rings. The van der Waals surface area contributed by atoms with Gasteiger partial charge < -0.3 is 15.7 Å². The van der Waals surface area contributed by atoms with Crippen molar-refractivity contribution in [1.29, 1.82) is 0 Å². The summed E-state index contributed by atoms with van der Waals surface area (Å²) in [7, 11) is 0. The van der Waals surface area contributed by atoms with Crippen molar-refractivity contribution in [1.82, 2.24) is 10.6 Å². The lowest BCUT2D eigenvalue weighted by molar-refractivity contribution is -0.137. The van der Waals surface area contributed by atoms with Crippen molar-refractivity contribution in [3.63, 3.8) is 0 Å². The van der Waals surface area contributed by atoms with Crippen LogP contribution in [0.25, 0.3) is 0 Å².